The zero-order valence-corrected chi connectivity index (χ0v) is 8.56. The molecule has 1 aromatic rings. The van der Waals surface area contributed by atoms with Crippen LogP contribution >= 0.6 is 0 Å². The predicted octanol–water partition coefficient (Wildman–Crippen LogP) is 1.14. The Labute approximate surface area is 93.3 Å². The summed E-state index contributed by atoms with van der Waals surface area (Å²) in [6.07, 6.45) is 5.45. The highest BCUT2D eigenvalue weighted by Crippen LogP contribution is 2.08. The normalized spacial score (nSPS) is 9.19. The second-order valence-corrected chi connectivity index (χ2v) is 3.06. The molecule has 0 aliphatic rings. The Morgan fingerprint density at radius 3 is 2.50 bits per heavy atom. The summed E-state index contributed by atoms with van der Waals surface area (Å²) < 4.78 is 0. The molecule has 0 aliphatic heterocycles. The van der Waals surface area contributed by atoms with Gasteiger partial charge in [-0.1, -0.05) is 12.1 Å². The molecule has 4 heteroatoms. The van der Waals surface area contributed by atoms with Crippen LogP contribution in [0.2, 0.25) is 0 Å². The molecule has 1 amide bonds. The molecule has 2 N–H and O–H groups in total. The van der Waals surface area contributed by atoms with Crippen LogP contribution in [0.1, 0.15) is 27.1 Å². The van der Waals surface area contributed by atoms with Crippen molar-refractivity contribution in [2.45, 2.75) is 6.42 Å². The van der Waals surface area contributed by atoms with Crippen LogP contribution in [0, 0.1) is 12.3 Å². The molecule has 0 heterocycles. The number of carbonyl (C=O) groups excluding carboxylic acids is 1. The topological polar surface area (TPSA) is 66.4 Å². The molecule has 0 unspecified atom stereocenters. The molecule has 0 aromatic heterocycles. The Morgan fingerprint density at radius 2 is 1.94 bits per heavy atom. The molecule has 0 saturated heterocycles. The van der Waals surface area contributed by atoms with Gasteiger partial charge in [0.25, 0.3) is 5.91 Å². The molecule has 16 heavy (non-hydrogen) atoms. The van der Waals surface area contributed by atoms with Gasteiger partial charge in [-0.25, -0.2) is 4.79 Å². The highest BCUT2D eigenvalue weighted by atomic mass is 16.4. The maximum atomic E-state index is 11.6. The fraction of sp³-hybridized carbons (Fsp3) is 0.167. The number of terminal acetylenes is 1. The van der Waals surface area contributed by atoms with E-state index < -0.39 is 11.9 Å². The number of aromatic carboxylic acids is 1. The number of nitrogens with one attached hydrogen (secondary N) is 1. The minimum Gasteiger partial charge on any atom is -0.478 e. The Balaban J connectivity index is 2.83. The molecule has 82 valence electrons. The van der Waals surface area contributed by atoms with Gasteiger partial charge in [0, 0.05) is 13.0 Å². The number of carboxylic acids is 1. The maximum Gasteiger partial charge on any atom is 0.336 e. The molecule has 0 radical (unpaired) electrons. The van der Waals surface area contributed by atoms with E-state index in [0.29, 0.717) is 13.0 Å². The van der Waals surface area contributed by atoms with Crippen LogP contribution < -0.4 is 5.32 Å². The predicted molar refractivity (Wildman–Crippen MR) is 59.2 cm³/mol. The average Bonchev–Trinajstić information content (AvgIpc) is 2.29. The number of benzene rings is 1. The highest BCUT2D eigenvalue weighted by Gasteiger charge is 2.14. The number of carboxylic acid groups (broad SMARTS) is 1. The summed E-state index contributed by atoms with van der Waals surface area (Å²) in [6, 6.07) is 6.04. The maximum absolute atomic E-state index is 11.6. The molecular weight excluding hydrogens is 206 g/mol. The van der Waals surface area contributed by atoms with Gasteiger partial charge in [0.05, 0.1) is 11.1 Å². The van der Waals surface area contributed by atoms with Gasteiger partial charge in [-0.15, -0.1) is 12.3 Å². The summed E-state index contributed by atoms with van der Waals surface area (Å²) in [4.78, 5) is 22.4. The van der Waals surface area contributed by atoms with Crippen molar-refractivity contribution in [2.75, 3.05) is 6.54 Å². The standard InChI is InChI=1S/C12H11NO3/c1-2-3-8-13-11(14)9-6-4-5-7-10(9)12(15)16/h1,4-7H,3,8H2,(H,13,14)(H,15,16). The first-order valence-corrected chi connectivity index (χ1v) is 4.70. The zero-order valence-electron chi connectivity index (χ0n) is 8.56. The minimum absolute atomic E-state index is 0.0132. The van der Waals surface area contributed by atoms with Crippen molar-refractivity contribution >= 4 is 11.9 Å². The van der Waals surface area contributed by atoms with Gasteiger partial charge in [-0.05, 0) is 12.1 Å². The molecule has 0 fully saturated rings. The third kappa shape index (κ3) is 2.85. The Kier molecular flexibility index (Phi) is 4.10. The van der Waals surface area contributed by atoms with Crippen molar-refractivity contribution in [2.24, 2.45) is 0 Å². The lowest BCUT2D eigenvalue weighted by molar-refractivity contribution is 0.0691. The summed E-state index contributed by atoms with van der Waals surface area (Å²) in [7, 11) is 0. The van der Waals surface area contributed by atoms with Crippen LogP contribution in [0.4, 0.5) is 0 Å². The monoisotopic (exact) mass is 217 g/mol. The van der Waals surface area contributed by atoms with Gasteiger partial charge < -0.3 is 10.4 Å². The van der Waals surface area contributed by atoms with Crippen molar-refractivity contribution in [1.29, 1.82) is 0 Å². The van der Waals surface area contributed by atoms with Crippen molar-refractivity contribution in [3.63, 3.8) is 0 Å². The third-order valence-electron chi connectivity index (χ3n) is 1.96. The lowest BCUT2D eigenvalue weighted by Crippen LogP contribution is -2.26. The number of carbonyl (C=O) groups is 2. The first kappa shape index (κ1) is 11.8. The highest BCUT2D eigenvalue weighted by molar-refractivity contribution is 6.04. The van der Waals surface area contributed by atoms with E-state index in [1.165, 1.54) is 12.1 Å². The lowest BCUT2D eigenvalue weighted by atomic mass is 10.1. The van der Waals surface area contributed by atoms with Crippen LogP contribution in [0.25, 0.3) is 0 Å². The van der Waals surface area contributed by atoms with Crippen LogP contribution in [0.3, 0.4) is 0 Å². The van der Waals surface area contributed by atoms with Gasteiger partial charge in [0.2, 0.25) is 0 Å². The van der Waals surface area contributed by atoms with Crippen molar-refractivity contribution in [1.82, 2.24) is 5.32 Å². The van der Waals surface area contributed by atoms with Crippen molar-refractivity contribution < 1.29 is 14.7 Å². The number of rotatable bonds is 4. The number of amides is 1. The molecular formula is C12H11NO3. The van der Waals surface area contributed by atoms with E-state index in [0.717, 1.165) is 0 Å². The van der Waals surface area contributed by atoms with Gasteiger partial charge in [0.1, 0.15) is 0 Å². The first-order valence-electron chi connectivity index (χ1n) is 4.70. The van der Waals surface area contributed by atoms with Gasteiger partial charge >= 0.3 is 5.97 Å². The van der Waals surface area contributed by atoms with Crippen molar-refractivity contribution in [3.8, 4) is 12.3 Å². The largest absolute Gasteiger partial charge is 0.478 e. The third-order valence-corrected chi connectivity index (χ3v) is 1.96. The smallest absolute Gasteiger partial charge is 0.336 e. The van der Waals surface area contributed by atoms with E-state index in [9.17, 15) is 9.59 Å². The summed E-state index contributed by atoms with van der Waals surface area (Å²) in [5.41, 5.74) is 0.132. The molecule has 1 rings (SSSR count). The average molecular weight is 217 g/mol. The molecule has 0 spiro atoms. The Bertz CT molecular complexity index is 446. The van der Waals surface area contributed by atoms with Crippen molar-refractivity contribution in [3.05, 3.63) is 35.4 Å². The van der Waals surface area contributed by atoms with Crippen LogP contribution in [-0.4, -0.2) is 23.5 Å². The lowest BCUT2D eigenvalue weighted by Gasteiger charge is -2.05. The summed E-state index contributed by atoms with van der Waals surface area (Å²) in [6.45, 7) is 0.337. The minimum atomic E-state index is -1.12. The van der Waals surface area contributed by atoms with E-state index in [4.69, 9.17) is 11.5 Å². The van der Waals surface area contributed by atoms with Crippen LogP contribution in [0.5, 0.6) is 0 Å². The zero-order chi connectivity index (χ0) is 12.0. The molecule has 4 nitrogen and oxygen atoms in total. The van der Waals surface area contributed by atoms with E-state index in [2.05, 4.69) is 11.2 Å². The first-order chi connectivity index (χ1) is 7.66. The van der Waals surface area contributed by atoms with Gasteiger partial charge in [-0.3, -0.25) is 4.79 Å². The molecule has 0 aliphatic carbocycles. The van der Waals surface area contributed by atoms with Gasteiger partial charge in [0.15, 0.2) is 0 Å². The SMILES string of the molecule is C#CCCNC(=O)c1ccccc1C(=O)O. The fourth-order valence-electron chi connectivity index (χ4n) is 1.21. The summed E-state index contributed by atoms with van der Waals surface area (Å²) in [5.74, 6) is 0.835. The molecule has 0 bridgehead atoms. The van der Waals surface area contributed by atoms with Gasteiger partial charge in [-0.2, -0.15) is 0 Å². The van der Waals surface area contributed by atoms with Crippen LogP contribution in [0.15, 0.2) is 24.3 Å². The molecule has 0 saturated carbocycles. The Morgan fingerprint density at radius 1 is 1.31 bits per heavy atom. The van der Waals surface area contributed by atoms with E-state index in [1.807, 2.05) is 0 Å². The fourth-order valence-corrected chi connectivity index (χ4v) is 1.21. The van der Waals surface area contributed by atoms with E-state index >= 15 is 0 Å². The van der Waals surface area contributed by atoms with Crippen LogP contribution in [-0.2, 0) is 0 Å². The molecule has 0 atom stereocenters. The number of hydrogen-bond donors (Lipinski definition) is 2. The second-order valence-electron chi connectivity index (χ2n) is 3.06. The summed E-state index contributed by atoms with van der Waals surface area (Å²) >= 11 is 0. The quantitative estimate of drug-likeness (QED) is 0.587. The number of hydrogen-bond acceptors (Lipinski definition) is 2. The molecule has 1 aromatic carbocycles. The van der Waals surface area contributed by atoms with E-state index in [-0.39, 0.29) is 11.1 Å². The summed E-state index contributed by atoms with van der Waals surface area (Å²) in [5, 5.41) is 11.4. The Hall–Kier alpha value is -2.28. The second kappa shape index (κ2) is 5.56. The van der Waals surface area contributed by atoms with E-state index in [1.54, 1.807) is 12.1 Å².